The lowest BCUT2D eigenvalue weighted by atomic mass is 10.2. The highest BCUT2D eigenvalue weighted by Crippen LogP contribution is 2.04. The van der Waals surface area contributed by atoms with E-state index in [4.69, 9.17) is 4.74 Å². The van der Waals surface area contributed by atoms with E-state index in [1.54, 1.807) is 18.9 Å². The van der Waals surface area contributed by atoms with Gasteiger partial charge in [0.1, 0.15) is 0 Å². The van der Waals surface area contributed by atoms with E-state index in [1.165, 1.54) is 0 Å². The Morgan fingerprint density at radius 2 is 1.62 bits per heavy atom. The molecule has 0 unspecified atom stereocenters. The fourth-order valence-corrected chi connectivity index (χ4v) is 2.21. The second kappa shape index (κ2) is 12.2. The van der Waals surface area contributed by atoms with Gasteiger partial charge in [0, 0.05) is 52.2 Å². The van der Waals surface area contributed by atoms with Gasteiger partial charge >= 0.3 is 6.09 Å². The largest absolute Gasteiger partial charge is 0.450 e. The second-order valence-electron chi connectivity index (χ2n) is 5.59. The van der Waals surface area contributed by atoms with Crippen LogP contribution in [0.3, 0.4) is 0 Å². The van der Waals surface area contributed by atoms with Gasteiger partial charge in [-0.2, -0.15) is 0 Å². The quantitative estimate of drug-likeness (QED) is 0.276. The molecule has 0 aromatic carbocycles. The van der Waals surface area contributed by atoms with Gasteiger partial charge in [0.05, 0.1) is 6.61 Å². The summed E-state index contributed by atoms with van der Waals surface area (Å²) >= 11 is 0. The minimum absolute atomic E-state index is 0. The van der Waals surface area contributed by atoms with E-state index in [-0.39, 0.29) is 41.9 Å². The van der Waals surface area contributed by atoms with Crippen LogP contribution in [-0.2, 0) is 9.53 Å². The number of halogens is 1. The molecule has 0 aromatic rings. The Morgan fingerprint density at radius 3 is 2.12 bits per heavy atom. The maximum atomic E-state index is 11.7. The van der Waals surface area contributed by atoms with Crippen molar-refractivity contribution in [2.75, 3.05) is 52.9 Å². The molecule has 2 amide bonds. The zero-order chi connectivity index (χ0) is 17.2. The molecule has 0 bridgehead atoms. The van der Waals surface area contributed by atoms with Gasteiger partial charge in [-0.15, -0.1) is 24.0 Å². The first-order valence-electron chi connectivity index (χ1n) is 8.14. The van der Waals surface area contributed by atoms with Crippen molar-refractivity contribution in [2.24, 2.45) is 10.9 Å². The number of hydrogen-bond acceptors (Lipinski definition) is 4. The first-order valence-corrected chi connectivity index (χ1v) is 8.14. The lowest BCUT2D eigenvalue weighted by molar-refractivity contribution is -0.123. The van der Waals surface area contributed by atoms with Crippen LogP contribution >= 0.6 is 24.0 Å². The third kappa shape index (κ3) is 7.54. The SMILES string of the molecule is CCOC(=O)N1CCN(C(=NC)NCCNC(=O)C(C)C)CC1.I. The number of rotatable bonds is 5. The molecule has 1 saturated heterocycles. The van der Waals surface area contributed by atoms with Crippen molar-refractivity contribution < 1.29 is 14.3 Å². The first kappa shape index (κ1) is 22.7. The number of amides is 2. The minimum atomic E-state index is -0.258. The number of carbonyl (C=O) groups is 2. The Hall–Kier alpha value is -1.26. The molecule has 1 rings (SSSR count). The maximum absolute atomic E-state index is 11.7. The maximum Gasteiger partial charge on any atom is 0.409 e. The molecule has 1 aliphatic rings. The number of piperazine rings is 1. The van der Waals surface area contributed by atoms with Crippen molar-refractivity contribution in [3.8, 4) is 0 Å². The van der Waals surface area contributed by atoms with Gasteiger partial charge in [0.2, 0.25) is 5.91 Å². The predicted molar refractivity (Wildman–Crippen MR) is 105 cm³/mol. The van der Waals surface area contributed by atoms with Crippen molar-refractivity contribution in [1.82, 2.24) is 20.4 Å². The van der Waals surface area contributed by atoms with Gasteiger partial charge in [0.15, 0.2) is 5.96 Å². The van der Waals surface area contributed by atoms with Crippen molar-refractivity contribution in [2.45, 2.75) is 20.8 Å². The van der Waals surface area contributed by atoms with Gasteiger partial charge in [-0.05, 0) is 6.92 Å². The monoisotopic (exact) mass is 455 g/mol. The summed E-state index contributed by atoms with van der Waals surface area (Å²) in [5.74, 6) is 0.822. The smallest absolute Gasteiger partial charge is 0.409 e. The van der Waals surface area contributed by atoms with Gasteiger partial charge in [-0.25, -0.2) is 4.79 Å². The van der Waals surface area contributed by atoms with Crippen LogP contribution in [0.5, 0.6) is 0 Å². The lowest BCUT2D eigenvalue weighted by Crippen LogP contribution is -2.54. The van der Waals surface area contributed by atoms with E-state index >= 15 is 0 Å². The Morgan fingerprint density at radius 1 is 1.08 bits per heavy atom. The zero-order valence-corrected chi connectivity index (χ0v) is 17.3. The molecule has 0 saturated carbocycles. The molecule has 1 heterocycles. The average molecular weight is 455 g/mol. The molecule has 1 fully saturated rings. The topological polar surface area (TPSA) is 86.3 Å². The van der Waals surface area contributed by atoms with Gasteiger partial charge in [-0.1, -0.05) is 13.8 Å². The molecule has 1 aliphatic heterocycles. The number of ether oxygens (including phenoxy) is 1. The van der Waals surface area contributed by atoms with Crippen LogP contribution in [0.4, 0.5) is 4.79 Å². The molecule has 2 N–H and O–H groups in total. The zero-order valence-electron chi connectivity index (χ0n) is 15.0. The number of hydrogen-bond donors (Lipinski definition) is 2. The fourth-order valence-electron chi connectivity index (χ4n) is 2.21. The van der Waals surface area contributed by atoms with Crippen molar-refractivity contribution in [1.29, 1.82) is 0 Å². The van der Waals surface area contributed by atoms with E-state index in [0.717, 1.165) is 5.96 Å². The van der Waals surface area contributed by atoms with Crippen molar-refractivity contribution in [3.05, 3.63) is 0 Å². The van der Waals surface area contributed by atoms with Crippen LogP contribution in [0.15, 0.2) is 4.99 Å². The van der Waals surface area contributed by atoms with E-state index < -0.39 is 0 Å². The molecule has 24 heavy (non-hydrogen) atoms. The summed E-state index contributed by atoms with van der Waals surface area (Å²) in [4.78, 5) is 31.2. The Bertz CT molecular complexity index is 423. The van der Waals surface area contributed by atoms with Gasteiger partial charge in [-0.3, -0.25) is 9.79 Å². The van der Waals surface area contributed by atoms with Crippen LogP contribution in [0, 0.1) is 5.92 Å². The normalized spacial score (nSPS) is 15.0. The summed E-state index contributed by atoms with van der Waals surface area (Å²) in [6, 6.07) is 0. The van der Waals surface area contributed by atoms with Crippen LogP contribution in [0.2, 0.25) is 0 Å². The highest BCUT2D eigenvalue weighted by molar-refractivity contribution is 14.0. The summed E-state index contributed by atoms with van der Waals surface area (Å²) in [5.41, 5.74) is 0. The van der Waals surface area contributed by atoms with E-state index in [9.17, 15) is 9.59 Å². The molecular weight excluding hydrogens is 425 g/mol. The van der Waals surface area contributed by atoms with Crippen LogP contribution in [-0.4, -0.2) is 80.7 Å². The third-order valence-corrected chi connectivity index (χ3v) is 3.55. The summed E-state index contributed by atoms with van der Waals surface area (Å²) in [6.45, 7) is 9.74. The van der Waals surface area contributed by atoms with Crippen LogP contribution in [0.25, 0.3) is 0 Å². The lowest BCUT2D eigenvalue weighted by Gasteiger charge is -2.35. The predicted octanol–water partition coefficient (Wildman–Crippen LogP) is 0.726. The van der Waals surface area contributed by atoms with Gasteiger partial charge in [0.25, 0.3) is 0 Å². The molecule has 0 radical (unpaired) electrons. The summed E-state index contributed by atoms with van der Waals surface area (Å²) in [5, 5.41) is 6.09. The number of carbonyl (C=O) groups excluding carboxylic acids is 2. The second-order valence-corrected chi connectivity index (χ2v) is 5.59. The fraction of sp³-hybridized carbons (Fsp3) is 0.800. The van der Waals surface area contributed by atoms with E-state index in [1.807, 2.05) is 13.8 Å². The average Bonchev–Trinajstić information content (AvgIpc) is 2.55. The number of guanidine groups is 1. The molecule has 0 aliphatic carbocycles. The first-order chi connectivity index (χ1) is 11.0. The molecule has 8 nitrogen and oxygen atoms in total. The Labute approximate surface area is 161 Å². The Kier molecular flexibility index (Phi) is 11.5. The molecule has 140 valence electrons. The van der Waals surface area contributed by atoms with Crippen LogP contribution < -0.4 is 10.6 Å². The van der Waals surface area contributed by atoms with Gasteiger partial charge < -0.3 is 25.2 Å². The van der Waals surface area contributed by atoms with Crippen molar-refractivity contribution >= 4 is 41.9 Å². The number of aliphatic imine (C=N–C) groups is 1. The Balaban J connectivity index is 0.00000529. The number of nitrogens with zero attached hydrogens (tertiary/aromatic N) is 3. The highest BCUT2D eigenvalue weighted by Gasteiger charge is 2.23. The van der Waals surface area contributed by atoms with E-state index in [2.05, 4.69) is 20.5 Å². The molecule has 0 spiro atoms. The summed E-state index contributed by atoms with van der Waals surface area (Å²) in [6.07, 6.45) is -0.258. The molecule has 0 atom stereocenters. The van der Waals surface area contributed by atoms with E-state index in [0.29, 0.717) is 45.9 Å². The standard InChI is InChI=1S/C15H29N5O3.HI/c1-5-23-15(22)20-10-8-19(9-11-20)14(16-4)18-7-6-17-13(21)12(2)3;/h12H,5-11H2,1-4H3,(H,16,18)(H,17,21);1H. The molecular formula is C15H30IN5O3. The number of nitrogens with one attached hydrogen (secondary N) is 2. The summed E-state index contributed by atoms with van der Waals surface area (Å²) < 4.78 is 5.01. The highest BCUT2D eigenvalue weighted by atomic mass is 127. The van der Waals surface area contributed by atoms with Crippen molar-refractivity contribution in [3.63, 3.8) is 0 Å². The molecule has 0 aromatic heterocycles. The van der Waals surface area contributed by atoms with Crippen LogP contribution in [0.1, 0.15) is 20.8 Å². The minimum Gasteiger partial charge on any atom is -0.450 e. The molecule has 9 heteroatoms. The third-order valence-electron chi connectivity index (χ3n) is 3.55. The summed E-state index contributed by atoms with van der Waals surface area (Å²) in [7, 11) is 1.73.